The molecule has 0 saturated heterocycles. The zero-order valence-electron chi connectivity index (χ0n) is 15.3. The van der Waals surface area contributed by atoms with Crippen molar-refractivity contribution in [1.29, 1.82) is 0 Å². The fourth-order valence-electron chi connectivity index (χ4n) is 2.90. The molecule has 0 bridgehead atoms. The molecule has 6 nitrogen and oxygen atoms in total. The quantitative estimate of drug-likeness (QED) is 0.585. The van der Waals surface area contributed by atoms with E-state index in [-0.39, 0.29) is 0 Å². The lowest BCUT2D eigenvalue weighted by molar-refractivity contribution is 0.0518. The van der Waals surface area contributed by atoms with E-state index in [4.69, 9.17) is 21.4 Å². The van der Waals surface area contributed by atoms with Crippen molar-refractivity contribution in [2.24, 2.45) is 0 Å². The molecule has 0 N–H and O–H groups in total. The maximum atomic E-state index is 11.9. The Kier molecular flexibility index (Phi) is 5.61. The first-order chi connectivity index (χ1) is 12.5. The fraction of sp³-hybridized carbons (Fsp3) is 0.421. The molecule has 7 heteroatoms. The number of aromatic nitrogens is 4. The lowest BCUT2D eigenvalue weighted by Gasteiger charge is -2.08. The number of pyridine rings is 1. The van der Waals surface area contributed by atoms with E-state index < -0.39 is 5.97 Å². The number of rotatable bonds is 7. The van der Waals surface area contributed by atoms with Crippen LogP contribution in [-0.4, -0.2) is 32.0 Å². The molecule has 0 atom stereocenters. The average molecular weight is 375 g/mol. The van der Waals surface area contributed by atoms with Gasteiger partial charge in [0.25, 0.3) is 0 Å². The van der Waals surface area contributed by atoms with Gasteiger partial charge in [-0.25, -0.2) is 9.31 Å². The first-order valence-corrected chi connectivity index (χ1v) is 9.28. The van der Waals surface area contributed by atoms with Crippen LogP contribution in [0.2, 0.25) is 5.02 Å². The van der Waals surface area contributed by atoms with Gasteiger partial charge in [0.2, 0.25) is 0 Å². The van der Waals surface area contributed by atoms with Gasteiger partial charge in [-0.3, -0.25) is 4.68 Å². The molecule has 0 aromatic carbocycles. The molecule has 0 spiro atoms. The number of ether oxygens (including phenoxy) is 1. The minimum atomic E-state index is -0.411. The summed E-state index contributed by atoms with van der Waals surface area (Å²) in [5.74, 6) is -0.411. The SMILES string of the molecule is CCCCc1cc2cc(Cl)cc(Cn3nc(C(=O)OCC)cc3C)n2n1. The standard InChI is InChI=1S/C19H23ClN4O2/c1-4-6-7-15-11-16-9-14(20)10-17(24(16)21-15)12-23-13(3)8-18(22-23)19(25)26-5-2/h8-11H,4-7,12H2,1-3H3. The molecule has 0 aliphatic carbocycles. The Morgan fingerprint density at radius 3 is 2.73 bits per heavy atom. The molecule has 26 heavy (non-hydrogen) atoms. The van der Waals surface area contributed by atoms with Crippen LogP contribution in [-0.2, 0) is 17.7 Å². The van der Waals surface area contributed by atoms with Crippen LogP contribution in [0.25, 0.3) is 5.52 Å². The Balaban J connectivity index is 1.93. The summed E-state index contributed by atoms with van der Waals surface area (Å²) in [6.07, 6.45) is 3.18. The number of esters is 1. The highest BCUT2D eigenvalue weighted by Crippen LogP contribution is 2.19. The molecule has 3 rings (SSSR count). The number of nitrogens with zero attached hydrogens (tertiary/aromatic N) is 4. The van der Waals surface area contributed by atoms with Crippen molar-refractivity contribution in [3.63, 3.8) is 0 Å². The van der Waals surface area contributed by atoms with Crippen LogP contribution < -0.4 is 0 Å². The van der Waals surface area contributed by atoms with E-state index in [9.17, 15) is 4.79 Å². The second kappa shape index (κ2) is 7.91. The van der Waals surface area contributed by atoms with E-state index in [0.717, 1.165) is 41.9 Å². The highest BCUT2D eigenvalue weighted by molar-refractivity contribution is 6.31. The molecular formula is C19H23ClN4O2. The third kappa shape index (κ3) is 3.90. The molecule has 0 unspecified atom stereocenters. The Bertz CT molecular complexity index is 929. The Labute approximate surface area is 157 Å². The number of hydrogen-bond donors (Lipinski definition) is 0. The average Bonchev–Trinajstić information content (AvgIpc) is 3.17. The number of hydrogen-bond acceptors (Lipinski definition) is 4. The van der Waals surface area contributed by atoms with Gasteiger partial charge in [0, 0.05) is 10.7 Å². The molecule has 0 saturated carbocycles. The van der Waals surface area contributed by atoms with Crippen LogP contribution in [0, 0.1) is 6.92 Å². The third-order valence-electron chi connectivity index (χ3n) is 4.21. The summed E-state index contributed by atoms with van der Waals surface area (Å²) in [4.78, 5) is 11.9. The Morgan fingerprint density at radius 1 is 1.19 bits per heavy atom. The van der Waals surface area contributed by atoms with Gasteiger partial charge in [0.15, 0.2) is 5.69 Å². The highest BCUT2D eigenvalue weighted by atomic mass is 35.5. The van der Waals surface area contributed by atoms with Crippen molar-refractivity contribution in [3.8, 4) is 0 Å². The predicted octanol–water partition coefficient (Wildman–Crippen LogP) is 4.06. The van der Waals surface area contributed by atoms with E-state index in [1.165, 1.54) is 0 Å². The number of carbonyl (C=O) groups excluding carboxylic acids is 1. The number of halogens is 1. The normalized spacial score (nSPS) is 11.2. The summed E-state index contributed by atoms with van der Waals surface area (Å²) in [7, 11) is 0. The molecule has 0 radical (unpaired) electrons. The van der Waals surface area contributed by atoms with Gasteiger partial charge in [-0.2, -0.15) is 10.2 Å². The molecular weight excluding hydrogens is 352 g/mol. The summed E-state index contributed by atoms with van der Waals surface area (Å²) in [5, 5.41) is 9.75. The summed E-state index contributed by atoms with van der Waals surface area (Å²) >= 11 is 6.30. The number of fused-ring (bicyclic) bond motifs is 1. The second-order valence-electron chi connectivity index (χ2n) is 6.29. The van der Waals surface area contributed by atoms with E-state index in [0.29, 0.717) is 23.9 Å². The van der Waals surface area contributed by atoms with E-state index in [2.05, 4.69) is 18.1 Å². The van der Waals surface area contributed by atoms with Crippen LogP contribution >= 0.6 is 11.6 Å². The summed E-state index contributed by atoms with van der Waals surface area (Å²) in [6.45, 7) is 6.65. The van der Waals surface area contributed by atoms with Crippen molar-refractivity contribution in [2.45, 2.75) is 46.6 Å². The number of unbranched alkanes of at least 4 members (excludes halogenated alkanes) is 1. The van der Waals surface area contributed by atoms with Gasteiger partial charge in [-0.1, -0.05) is 24.9 Å². The lowest BCUT2D eigenvalue weighted by Crippen LogP contribution is -2.11. The van der Waals surface area contributed by atoms with Gasteiger partial charge in [-0.15, -0.1) is 0 Å². The minimum absolute atomic E-state index is 0.312. The van der Waals surface area contributed by atoms with Crippen molar-refractivity contribution in [1.82, 2.24) is 19.4 Å². The molecule has 0 aliphatic heterocycles. The summed E-state index contributed by atoms with van der Waals surface area (Å²) in [6, 6.07) is 7.60. The molecule has 0 fully saturated rings. The predicted molar refractivity (Wildman–Crippen MR) is 101 cm³/mol. The molecule has 0 amide bonds. The van der Waals surface area contributed by atoms with Gasteiger partial charge < -0.3 is 4.74 Å². The van der Waals surface area contributed by atoms with Crippen molar-refractivity contribution < 1.29 is 9.53 Å². The monoisotopic (exact) mass is 374 g/mol. The molecule has 3 heterocycles. The smallest absolute Gasteiger partial charge is 0.358 e. The van der Waals surface area contributed by atoms with Crippen LogP contribution in [0.5, 0.6) is 0 Å². The topological polar surface area (TPSA) is 61.4 Å². The van der Waals surface area contributed by atoms with Crippen molar-refractivity contribution in [2.75, 3.05) is 6.61 Å². The van der Waals surface area contributed by atoms with Gasteiger partial charge >= 0.3 is 5.97 Å². The van der Waals surface area contributed by atoms with Crippen molar-refractivity contribution in [3.05, 3.63) is 52.1 Å². The summed E-state index contributed by atoms with van der Waals surface area (Å²) in [5.41, 5.74) is 4.12. The lowest BCUT2D eigenvalue weighted by atomic mass is 10.2. The first-order valence-electron chi connectivity index (χ1n) is 8.90. The fourth-order valence-corrected chi connectivity index (χ4v) is 3.14. The van der Waals surface area contributed by atoms with Crippen LogP contribution in [0.3, 0.4) is 0 Å². The van der Waals surface area contributed by atoms with E-state index >= 15 is 0 Å². The van der Waals surface area contributed by atoms with E-state index in [1.54, 1.807) is 17.7 Å². The number of aryl methyl sites for hydroxylation is 2. The van der Waals surface area contributed by atoms with Gasteiger partial charge in [0.05, 0.1) is 30.1 Å². The zero-order valence-corrected chi connectivity index (χ0v) is 16.1. The Hall–Kier alpha value is -2.34. The maximum Gasteiger partial charge on any atom is 0.358 e. The number of carbonyl (C=O) groups is 1. The van der Waals surface area contributed by atoms with Crippen LogP contribution in [0.1, 0.15) is 54.3 Å². The molecule has 0 aliphatic rings. The first kappa shape index (κ1) is 18.5. The molecule has 3 aromatic rings. The largest absolute Gasteiger partial charge is 0.461 e. The van der Waals surface area contributed by atoms with Crippen LogP contribution in [0.4, 0.5) is 0 Å². The second-order valence-corrected chi connectivity index (χ2v) is 6.73. The molecule has 3 aromatic heterocycles. The minimum Gasteiger partial charge on any atom is -0.461 e. The Morgan fingerprint density at radius 2 is 2.00 bits per heavy atom. The highest BCUT2D eigenvalue weighted by Gasteiger charge is 2.15. The van der Waals surface area contributed by atoms with Crippen LogP contribution in [0.15, 0.2) is 24.3 Å². The van der Waals surface area contributed by atoms with Crippen molar-refractivity contribution >= 4 is 23.1 Å². The van der Waals surface area contributed by atoms with E-state index in [1.807, 2.05) is 23.6 Å². The summed E-state index contributed by atoms with van der Waals surface area (Å²) < 4.78 is 8.70. The zero-order chi connectivity index (χ0) is 18.7. The van der Waals surface area contributed by atoms with Gasteiger partial charge in [-0.05, 0) is 51.0 Å². The van der Waals surface area contributed by atoms with Gasteiger partial charge in [0.1, 0.15) is 0 Å². The third-order valence-corrected chi connectivity index (χ3v) is 4.43. The maximum absolute atomic E-state index is 11.9. The molecule has 138 valence electrons.